The van der Waals surface area contributed by atoms with Crippen molar-refractivity contribution in [2.24, 2.45) is 10.8 Å². The molecule has 0 aromatic carbocycles. The van der Waals surface area contributed by atoms with Gasteiger partial charge in [-0.25, -0.2) is 10.2 Å². The first-order chi connectivity index (χ1) is 3.27. The van der Waals surface area contributed by atoms with E-state index in [4.69, 9.17) is 5.73 Å². The number of thiocarbonyl (C=S) groups is 1. The molecular weight excluding hydrogens is 114 g/mol. The van der Waals surface area contributed by atoms with E-state index in [9.17, 15) is 4.79 Å². The highest BCUT2D eigenvalue weighted by Crippen LogP contribution is 1.52. The van der Waals surface area contributed by atoms with E-state index >= 15 is 0 Å². The Hall–Kier alpha value is -0.930. The van der Waals surface area contributed by atoms with Gasteiger partial charge in [-0.3, -0.25) is 0 Å². The number of isocyanates is 1. The average molecular weight is 117 g/mol. The minimum Gasteiger partial charge on any atom is -0.375 e. The highest BCUT2D eigenvalue weighted by Gasteiger charge is 1.73. The number of rotatable bonds is 1. The molecule has 0 spiro atoms. The zero-order valence-electron chi connectivity index (χ0n) is 3.34. The van der Waals surface area contributed by atoms with E-state index in [0.29, 0.717) is 0 Å². The second-order valence-electron chi connectivity index (χ2n) is 0.679. The highest BCUT2D eigenvalue weighted by molar-refractivity contribution is 7.80. The lowest BCUT2D eigenvalue weighted by Crippen LogP contribution is -2.23. The van der Waals surface area contributed by atoms with Crippen LogP contribution in [0.5, 0.6) is 0 Å². The van der Waals surface area contributed by atoms with Crippen molar-refractivity contribution in [2.75, 3.05) is 0 Å². The Bertz CT molecular complexity index is 116. The molecule has 0 atom stereocenters. The number of hydrogen-bond acceptors (Lipinski definition) is 3. The molecule has 5 heteroatoms. The van der Waals surface area contributed by atoms with Crippen molar-refractivity contribution in [1.29, 1.82) is 0 Å². The zero-order chi connectivity index (χ0) is 5.70. The lowest BCUT2D eigenvalue weighted by molar-refractivity contribution is 0.562. The van der Waals surface area contributed by atoms with Crippen LogP contribution < -0.4 is 11.2 Å². The Balaban J connectivity index is 3.32. The van der Waals surface area contributed by atoms with E-state index in [-0.39, 0.29) is 5.11 Å². The van der Waals surface area contributed by atoms with Crippen LogP contribution in [0, 0.1) is 0 Å². The molecule has 3 N–H and O–H groups in total. The molecule has 0 radical (unpaired) electrons. The third-order valence-electron chi connectivity index (χ3n) is 0.212. The van der Waals surface area contributed by atoms with Crippen LogP contribution in [0.3, 0.4) is 0 Å². The molecule has 0 aliphatic rings. The molecule has 0 aliphatic heterocycles. The van der Waals surface area contributed by atoms with Gasteiger partial charge in [0.25, 0.3) is 6.08 Å². The van der Waals surface area contributed by atoms with Gasteiger partial charge in [0.15, 0.2) is 5.11 Å². The monoisotopic (exact) mass is 117 g/mol. The third kappa shape index (κ3) is 5.07. The Kier molecular flexibility index (Phi) is 2.83. The van der Waals surface area contributed by atoms with Crippen molar-refractivity contribution in [3.8, 4) is 0 Å². The lowest BCUT2D eigenvalue weighted by Gasteiger charge is -1.85. The molecule has 7 heavy (non-hydrogen) atoms. The van der Waals surface area contributed by atoms with Crippen LogP contribution in [0.15, 0.2) is 5.10 Å². The Morgan fingerprint density at radius 1 is 2.00 bits per heavy atom. The summed E-state index contributed by atoms with van der Waals surface area (Å²) in [7, 11) is 0. The zero-order valence-corrected chi connectivity index (χ0v) is 4.16. The number of nitrogens with zero attached hydrogens (tertiary/aromatic N) is 1. The van der Waals surface area contributed by atoms with E-state index in [1.165, 1.54) is 6.08 Å². The second-order valence-corrected chi connectivity index (χ2v) is 1.12. The molecule has 0 heterocycles. The molecule has 0 saturated heterocycles. The second kappa shape index (κ2) is 3.27. The number of hydrazone groups is 1. The molecule has 0 bridgehead atoms. The summed E-state index contributed by atoms with van der Waals surface area (Å²) in [6, 6.07) is 0. The number of carbonyl (C=O) groups excluding carboxylic acids is 1. The fraction of sp³-hybridized carbons (Fsp3) is 0. The fourth-order valence-electron chi connectivity index (χ4n) is 0.0779. The van der Waals surface area contributed by atoms with Crippen LogP contribution in [0.25, 0.3) is 0 Å². The van der Waals surface area contributed by atoms with Crippen LogP contribution >= 0.6 is 12.2 Å². The third-order valence-corrected chi connectivity index (χ3v) is 0.303. The predicted molar refractivity (Wildman–Crippen MR) is 28.0 cm³/mol. The van der Waals surface area contributed by atoms with Gasteiger partial charge in [0.2, 0.25) is 0 Å². The first kappa shape index (κ1) is 6.07. The van der Waals surface area contributed by atoms with E-state index < -0.39 is 0 Å². The summed E-state index contributed by atoms with van der Waals surface area (Å²) in [5, 5.41) is 2.81. The Morgan fingerprint density at radius 3 is 2.71 bits per heavy atom. The molecule has 0 fully saturated rings. The van der Waals surface area contributed by atoms with Crippen molar-refractivity contribution >= 4 is 23.4 Å². The van der Waals surface area contributed by atoms with Gasteiger partial charge in [0.05, 0.1) is 0 Å². The minimum atomic E-state index is -0.0386. The Morgan fingerprint density at radius 2 is 2.57 bits per heavy atom. The van der Waals surface area contributed by atoms with Crippen molar-refractivity contribution in [2.45, 2.75) is 0 Å². The lowest BCUT2D eigenvalue weighted by atomic mass is 11.2. The Labute approximate surface area is 45.4 Å². The van der Waals surface area contributed by atoms with Crippen molar-refractivity contribution < 1.29 is 4.79 Å². The van der Waals surface area contributed by atoms with Gasteiger partial charge in [-0.2, -0.15) is 0 Å². The van der Waals surface area contributed by atoms with E-state index in [2.05, 4.69) is 17.3 Å². The fourth-order valence-corrected chi connectivity index (χ4v) is 0.124. The first-order valence-corrected chi connectivity index (χ1v) is 1.80. The summed E-state index contributed by atoms with van der Waals surface area (Å²) in [5.74, 6) is 0. The molecule has 0 aromatic heterocycles. The molecule has 0 aliphatic carbocycles. The smallest absolute Gasteiger partial charge is 0.258 e. The molecule has 0 amide bonds. The van der Waals surface area contributed by atoms with Gasteiger partial charge in [-0.15, -0.1) is 0 Å². The number of hydrogen-bond donors (Lipinski definition) is 2. The minimum absolute atomic E-state index is 0.0386. The average Bonchev–Trinajstić information content (AvgIpc) is 1.61. The normalized spacial score (nSPS) is 6.29. The van der Waals surface area contributed by atoms with Crippen molar-refractivity contribution in [1.82, 2.24) is 5.43 Å². The standard InChI is InChI=1S/C2H3N3OS/c3-2(7)5-4-1-6/h(H3,3,5,7). The summed E-state index contributed by atoms with van der Waals surface area (Å²) in [6.45, 7) is 0. The van der Waals surface area contributed by atoms with E-state index in [0.717, 1.165) is 0 Å². The summed E-state index contributed by atoms with van der Waals surface area (Å²) in [4.78, 5) is 9.24. The topological polar surface area (TPSA) is 67.5 Å². The quantitative estimate of drug-likeness (QED) is 0.201. The van der Waals surface area contributed by atoms with Crippen molar-refractivity contribution in [3.63, 3.8) is 0 Å². The summed E-state index contributed by atoms with van der Waals surface area (Å²) in [6.07, 6.45) is 1.20. The number of nitrogens with one attached hydrogen (secondary N) is 1. The molecule has 0 rings (SSSR count). The maximum absolute atomic E-state index is 9.24. The molecule has 38 valence electrons. The summed E-state index contributed by atoms with van der Waals surface area (Å²) in [5.41, 5.74) is 6.83. The van der Waals surface area contributed by atoms with Crippen LogP contribution in [0.2, 0.25) is 0 Å². The van der Waals surface area contributed by atoms with Gasteiger partial charge < -0.3 is 5.73 Å². The maximum Gasteiger partial charge on any atom is 0.258 e. The maximum atomic E-state index is 9.24. The van der Waals surface area contributed by atoms with Gasteiger partial charge in [0, 0.05) is 0 Å². The van der Waals surface area contributed by atoms with Gasteiger partial charge in [-0.1, -0.05) is 5.10 Å². The van der Waals surface area contributed by atoms with Gasteiger partial charge in [0.1, 0.15) is 0 Å². The van der Waals surface area contributed by atoms with E-state index in [1.807, 2.05) is 5.43 Å². The SMILES string of the molecule is NC(=S)NN=C=O. The van der Waals surface area contributed by atoms with E-state index in [1.54, 1.807) is 0 Å². The molecular formula is C2H3N3OS. The summed E-state index contributed by atoms with van der Waals surface area (Å²) < 4.78 is 0. The highest BCUT2D eigenvalue weighted by atomic mass is 32.1. The van der Waals surface area contributed by atoms with Gasteiger partial charge >= 0.3 is 0 Å². The molecule has 4 nitrogen and oxygen atoms in total. The van der Waals surface area contributed by atoms with Crippen LogP contribution in [-0.4, -0.2) is 11.2 Å². The largest absolute Gasteiger partial charge is 0.375 e. The molecule has 0 unspecified atom stereocenters. The number of nitrogens with two attached hydrogens (primary N) is 1. The van der Waals surface area contributed by atoms with Crippen molar-refractivity contribution in [3.05, 3.63) is 0 Å². The molecule has 0 aromatic rings. The predicted octanol–water partition coefficient (Wildman–Crippen LogP) is -0.930. The van der Waals surface area contributed by atoms with Crippen LogP contribution in [0.4, 0.5) is 0 Å². The molecule has 0 saturated carbocycles. The first-order valence-electron chi connectivity index (χ1n) is 1.39. The van der Waals surface area contributed by atoms with Crippen LogP contribution in [0.1, 0.15) is 0 Å². The summed E-state index contributed by atoms with van der Waals surface area (Å²) >= 11 is 4.26. The van der Waals surface area contributed by atoms with Gasteiger partial charge in [-0.05, 0) is 12.2 Å². The van der Waals surface area contributed by atoms with Crippen LogP contribution in [-0.2, 0) is 4.79 Å².